The van der Waals surface area contributed by atoms with Gasteiger partial charge >= 0.3 is 0 Å². The van der Waals surface area contributed by atoms with E-state index in [4.69, 9.17) is 0 Å². The number of hydrogen-bond acceptors (Lipinski definition) is 4. The summed E-state index contributed by atoms with van der Waals surface area (Å²) in [6.45, 7) is 16.4. The van der Waals surface area contributed by atoms with Crippen molar-refractivity contribution in [3.8, 4) is 0 Å². The molecule has 0 aromatic carbocycles. The van der Waals surface area contributed by atoms with E-state index in [1.54, 1.807) is 0 Å². The Kier molecular flexibility index (Phi) is 7.63. The zero-order chi connectivity index (χ0) is 15.8. The first kappa shape index (κ1) is 18.8. The molecule has 0 N–H and O–H groups in total. The lowest BCUT2D eigenvalue weighted by Gasteiger charge is -2.18. The van der Waals surface area contributed by atoms with Gasteiger partial charge in [-0.1, -0.05) is 0 Å². The second-order valence-electron chi connectivity index (χ2n) is 7.15. The van der Waals surface area contributed by atoms with Gasteiger partial charge in [0.1, 0.15) is 0 Å². The summed E-state index contributed by atoms with van der Waals surface area (Å²) in [4.78, 5) is 17.1. The van der Waals surface area contributed by atoms with Crippen molar-refractivity contribution in [1.29, 1.82) is 0 Å². The number of nitrogens with zero attached hydrogens (tertiary/aromatic N) is 4. The molecule has 0 aromatic rings. The van der Waals surface area contributed by atoms with Crippen molar-refractivity contribution in [3.63, 3.8) is 0 Å². The molecule has 0 fully saturated rings. The van der Waals surface area contributed by atoms with E-state index in [1.165, 1.54) is 0 Å². The second-order valence-corrected chi connectivity index (χ2v) is 7.15. The molecule has 114 valence electrons. The normalized spacial score (nSPS) is 13.2. The molecular formula is C16H30N4. The van der Waals surface area contributed by atoms with Crippen LogP contribution in [0.4, 0.5) is 0 Å². The van der Waals surface area contributed by atoms with Gasteiger partial charge in [-0.3, -0.25) is 0 Å². The van der Waals surface area contributed by atoms with Crippen molar-refractivity contribution in [2.75, 3.05) is 0 Å². The second kappa shape index (κ2) is 8.14. The number of hydrogen-bond donors (Lipinski definition) is 0. The van der Waals surface area contributed by atoms with Gasteiger partial charge < -0.3 is 0 Å². The van der Waals surface area contributed by atoms with Crippen LogP contribution in [0.15, 0.2) is 20.0 Å². The van der Waals surface area contributed by atoms with E-state index >= 15 is 0 Å². The van der Waals surface area contributed by atoms with Crippen LogP contribution < -0.4 is 0 Å². The molecule has 0 aromatic heterocycles. The summed E-state index contributed by atoms with van der Waals surface area (Å²) < 4.78 is 0. The Balaban J connectivity index is 4.42. The predicted octanol–water partition coefficient (Wildman–Crippen LogP) is 4.49. The predicted molar refractivity (Wildman–Crippen MR) is 87.4 cm³/mol. The minimum Gasteiger partial charge on any atom is -0.223 e. The molecule has 0 amide bonds. The fourth-order valence-corrected chi connectivity index (χ4v) is 1.24. The summed E-state index contributed by atoms with van der Waals surface area (Å²) in [5.41, 5.74) is -0.280. The highest BCUT2D eigenvalue weighted by Crippen LogP contribution is 2.18. The van der Waals surface area contributed by atoms with Crippen molar-refractivity contribution in [2.45, 2.75) is 91.4 Å². The summed E-state index contributed by atoms with van der Waals surface area (Å²) in [6, 6.07) is 6.07. The topological polar surface area (TPSA) is 49.4 Å². The maximum absolute atomic E-state index is 4.42. The first-order valence-electron chi connectivity index (χ1n) is 7.35. The SMILES string of the molecule is CC(C)N=C=NC(C)CCC(C)(C)N=C=NC(C)(C)C. The van der Waals surface area contributed by atoms with E-state index in [2.05, 4.69) is 52.8 Å². The first-order chi connectivity index (χ1) is 9.02. The van der Waals surface area contributed by atoms with Crippen molar-refractivity contribution < 1.29 is 0 Å². The third kappa shape index (κ3) is 11.8. The molecule has 0 heterocycles. The first-order valence-corrected chi connectivity index (χ1v) is 7.35. The van der Waals surface area contributed by atoms with Gasteiger partial charge in [-0.2, -0.15) is 0 Å². The van der Waals surface area contributed by atoms with E-state index in [-0.39, 0.29) is 23.2 Å². The standard InChI is InChI=1S/C16H30N4/c1-13(2)17-11-18-14(3)9-10-16(7,8)20-12-19-15(4,5)6/h13-14H,9-10H2,1-8H3. The van der Waals surface area contributed by atoms with E-state index in [9.17, 15) is 0 Å². The van der Waals surface area contributed by atoms with Crippen LogP contribution in [0, 0.1) is 0 Å². The average Bonchev–Trinajstić information content (AvgIpc) is 2.24. The fraction of sp³-hybridized carbons (Fsp3) is 0.875. The van der Waals surface area contributed by atoms with Gasteiger partial charge in [-0.15, -0.1) is 0 Å². The Morgan fingerprint density at radius 2 is 1.45 bits per heavy atom. The molecule has 0 bridgehead atoms. The molecule has 1 unspecified atom stereocenters. The lowest BCUT2D eigenvalue weighted by Crippen LogP contribution is -2.18. The molecule has 0 aliphatic rings. The average molecular weight is 278 g/mol. The van der Waals surface area contributed by atoms with Crippen LogP contribution in [0.5, 0.6) is 0 Å². The van der Waals surface area contributed by atoms with Crippen LogP contribution >= 0.6 is 0 Å². The third-order valence-corrected chi connectivity index (χ3v) is 2.51. The minimum absolute atomic E-state index is 0.121. The minimum atomic E-state index is -0.159. The molecule has 4 nitrogen and oxygen atoms in total. The Labute approximate surface area is 124 Å². The summed E-state index contributed by atoms with van der Waals surface area (Å²) in [6.07, 6.45) is 1.89. The third-order valence-electron chi connectivity index (χ3n) is 2.51. The van der Waals surface area contributed by atoms with Crippen molar-refractivity contribution in [3.05, 3.63) is 0 Å². The Bertz CT molecular complexity index is 401. The van der Waals surface area contributed by atoms with Gasteiger partial charge in [0.25, 0.3) is 0 Å². The summed E-state index contributed by atoms with van der Waals surface area (Å²) in [5, 5.41) is 0. The van der Waals surface area contributed by atoms with Gasteiger partial charge in [0.2, 0.25) is 0 Å². The molecular weight excluding hydrogens is 248 g/mol. The highest BCUT2D eigenvalue weighted by molar-refractivity contribution is 5.43. The maximum atomic E-state index is 4.42. The molecule has 0 saturated carbocycles. The summed E-state index contributed by atoms with van der Waals surface area (Å²) >= 11 is 0. The van der Waals surface area contributed by atoms with Gasteiger partial charge in [0, 0.05) is 0 Å². The molecule has 0 aliphatic carbocycles. The summed E-state index contributed by atoms with van der Waals surface area (Å²) in [5.74, 6) is 0. The zero-order valence-electron chi connectivity index (χ0n) is 14.4. The Morgan fingerprint density at radius 1 is 0.850 bits per heavy atom. The fourth-order valence-electron chi connectivity index (χ4n) is 1.24. The van der Waals surface area contributed by atoms with E-state index in [0.717, 1.165) is 12.8 Å². The van der Waals surface area contributed by atoms with Gasteiger partial charge in [0.15, 0.2) is 0 Å². The van der Waals surface area contributed by atoms with E-state index in [1.807, 2.05) is 34.6 Å². The van der Waals surface area contributed by atoms with Crippen LogP contribution in [0.25, 0.3) is 0 Å². The molecule has 4 heteroatoms. The van der Waals surface area contributed by atoms with E-state index in [0.29, 0.717) is 0 Å². The Hall–Kier alpha value is -1.24. The quantitative estimate of drug-likeness (QED) is 0.643. The van der Waals surface area contributed by atoms with Crippen LogP contribution in [0.2, 0.25) is 0 Å². The van der Waals surface area contributed by atoms with Crippen molar-refractivity contribution in [2.24, 2.45) is 20.0 Å². The van der Waals surface area contributed by atoms with Crippen LogP contribution in [0.1, 0.15) is 68.2 Å². The smallest absolute Gasteiger partial charge is 0.0903 e. The molecule has 0 rings (SSSR count). The molecule has 20 heavy (non-hydrogen) atoms. The number of rotatable bonds is 6. The zero-order valence-corrected chi connectivity index (χ0v) is 14.4. The monoisotopic (exact) mass is 278 g/mol. The van der Waals surface area contributed by atoms with E-state index < -0.39 is 0 Å². The van der Waals surface area contributed by atoms with Gasteiger partial charge in [0.05, 0.1) is 35.2 Å². The molecule has 0 radical (unpaired) electrons. The van der Waals surface area contributed by atoms with Gasteiger partial charge in [-0.25, -0.2) is 20.0 Å². The van der Waals surface area contributed by atoms with Crippen LogP contribution in [-0.4, -0.2) is 35.2 Å². The lowest BCUT2D eigenvalue weighted by molar-refractivity contribution is 0.442. The largest absolute Gasteiger partial charge is 0.223 e. The van der Waals surface area contributed by atoms with Crippen molar-refractivity contribution >= 4 is 12.0 Å². The molecule has 0 saturated heterocycles. The summed E-state index contributed by atoms with van der Waals surface area (Å²) in [7, 11) is 0. The number of aliphatic imine (C=N–C) groups is 4. The highest BCUT2D eigenvalue weighted by atomic mass is 14.9. The molecule has 0 spiro atoms. The molecule has 1 atom stereocenters. The highest BCUT2D eigenvalue weighted by Gasteiger charge is 2.17. The lowest BCUT2D eigenvalue weighted by atomic mass is 9.97. The Morgan fingerprint density at radius 3 is 1.95 bits per heavy atom. The maximum Gasteiger partial charge on any atom is 0.0903 e. The van der Waals surface area contributed by atoms with Crippen molar-refractivity contribution in [1.82, 2.24) is 0 Å². The van der Waals surface area contributed by atoms with Crippen LogP contribution in [-0.2, 0) is 0 Å². The van der Waals surface area contributed by atoms with Crippen LogP contribution in [0.3, 0.4) is 0 Å². The molecule has 0 aliphatic heterocycles. The van der Waals surface area contributed by atoms with Gasteiger partial charge in [-0.05, 0) is 68.2 Å².